The average Bonchev–Trinajstić information content (AvgIpc) is 2.72. The summed E-state index contributed by atoms with van der Waals surface area (Å²) in [5.41, 5.74) is 1.24. The van der Waals surface area contributed by atoms with Crippen molar-refractivity contribution in [3.63, 3.8) is 0 Å². The number of hydrogen-bond donors (Lipinski definition) is 1. The molecule has 2 aromatic rings. The van der Waals surface area contributed by atoms with E-state index in [1.54, 1.807) is 12.1 Å². The van der Waals surface area contributed by atoms with E-state index in [1.807, 2.05) is 12.1 Å². The monoisotopic (exact) mass is 526 g/mol. The molecule has 0 aromatic heterocycles. The van der Waals surface area contributed by atoms with Gasteiger partial charge in [-0.3, -0.25) is 0 Å². The molecule has 3 rings (SSSR count). The number of nitrogens with one attached hydrogen (secondary N) is 1. The van der Waals surface area contributed by atoms with Gasteiger partial charge >= 0.3 is 6.18 Å². The smallest absolute Gasteiger partial charge is 0.385 e. The highest BCUT2D eigenvalue weighted by molar-refractivity contribution is 7.90. The van der Waals surface area contributed by atoms with Crippen molar-refractivity contribution < 1.29 is 21.6 Å². The van der Waals surface area contributed by atoms with E-state index in [0.29, 0.717) is 16.5 Å². The van der Waals surface area contributed by atoms with E-state index in [0.717, 1.165) is 64.0 Å². The van der Waals surface area contributed by atoms with Gasteiger partial charge in [0.25, 0.3) is 0 Å². The van der Waals surface area contributed by atoms with Gasteiger partial charge in [-0.15, -0.1) is 24.8 Å². The second-order valence-corrected chi connectivity index (χ2v) is 10.3. The van der Waals surface area contributed by atoms with Crippen molar-refractivity contribution in [1.82, 2.24) is 4.90 Å². The van der Waals surface area contributed by atoms with Gasteiger partial charge in [0.1, 0.15) is 0 Å². The SMILES string of the molecule is CS(=O)(=O)c1ccc(CC2CCN(CCCNc3ccc(C(F)(F)F)cc3)CC2)cc1.Cl.Cl. The third-order valence-electron chi connectivity index (χ3n) is 5.78. The van der Waals surface area contributed by atoms with E-state index >= 15 is 0 Å². The number of hydrogen-bond acceptors (Lipinski definition) is 4. The van der Waals surface area contributed by atoms with Crippen LogP contribution in [0.3, 0.4) is 0 Å². The van der Waals surface area contributed by atoms with Gasteiger partial charge in [0.2, 0.25) is 0 Å². The normalized spacial score (nSPS) is 15.4. The van der Waals surface area contributed by atoms with E-state index < -0.39 is 21.6 Å². The fourth-order valence-corrected chi connectivity index (χ4v) is 4.56. The lowest BCUT2D eigenvalue weighted by molar-refractivity contribution is -0.137. The van der Waals surface area contributed by atoms with Crippen LogP contribution in [0.25, 0.3) is 0 Å². The Balaban J connectivity index is 0.00000272. The number of piperidine rings is 1. The minimum Gasteiger partial charge on any atom is -0.385 e. The number of rotatable bonds is 8. The first-order chi connectivity index (χ1) is 14.6. The van der Waals surface area contributed by atoms with Crippen molar-refractivity contribution in [2.45, 2.75) is 36.8 Å². The summed E-state index contributed by atoms with van der Waals surface area (Å²) >= 11 is 0. The molecule has 186 valence electrons. The Morgan fingerprint density at radius 2 is 1.55 bits per heavy atom. The van der Waals surface area contributed by atoms with Crippen LogP contribution in [-0.2, 0) is 22.4 Å². The van der Waals surface area contributed by atoms with E-state index in [4.69, 9.17) is 0 Å². The van der Waals surface area contributed by atoms with Crippen LogP contribution >= 0.6 is 24.8 Å². The number of halogens is 5. The van der Waals surface area contributed by atoms with Crippen LogP contribution in [0.15, 0.2) is 53.4 Å². The zero-order valence-corrected chi connectivity index (χ0v) is 20.9. The Hall–Kier alpha value is -1.48. The Bertz CT molecular complexity index is 945. The molecule has 1 saturated heterocycles. The second-order valence-electron chi connectivity index (χ2n) is 8.26. The molecule has 1 N–H and O–H groups in total. The highest BCUT2D eigenvalue weighted by Gasteiger charge is 2.29. The first-order valence-electron chi connectivity index (χ1n) is 10.5. The van der Waals surface area contributed by atoms with Crippen LogP contribution in [-0.4, -0.2) is 45.8 Å². The molecule has 0 amide bonds. The van der Waals surface area contributed by atoms with E-state index in [2.05, 4.69) is 10.2 Å². The Morgan fingerprint density at radius 1 is 0.970 bits per heavy atom. The van der Waals surface area contributed by atoms with Crippen LogP contribution in [0.5, 0.6) is 0 Å². The third-order valence-corrected chi connectivity index (χ3v) is 6.90. The first-order valence-corrected chi connectivity index (χ1v) is 12.4. The summed E-state index contributed by atoms with van der Waals surface area (Å²) in [4.78, 5) is 2.79. The number of alkyl halides is 3. The number of likely N-dealkylation sites (tertiary alicyclic amines) is 1. The molecule has 0 bridgehead atoms. The molecule has 2 aromatic carbocycles. The van der Waals surface area contributed by atoms with Crippen molar-refractivity contribution in [3.05, 3.63) is 59.7 Å². The van der Waals surface area contributed by atoms with Gasteiger partial charge < -0.3 is 10.2 Å². The third kappa shape index (κ3) is 9.35. The van der Waals surface area contributed by atoms with Crippen molar-refractivity contribution in [2.24, 2.45) is 5.92 Å². The largest absolute Gasteiger partial charge is 0.416 e. The predicted octanol–water partition coefficient (Wildman–Crippen LogP) is 5.71. The summed E-state index contributed by atoms with van der Waals surface area (Å²) in [6.45, 7) is 3.75. The fourth-order valence-electron chi connectivity index (χ4n) is 3.93. The number of anilines is 1. The zero-order chi connectivity index (χ0) is 22.5. The standard InChI is InChI=1S/C23H29F3N2O2S.2ClH/c1-31(29,30)22-9-3-18(4-10-22)17-19-11-15-28(16-12-19)14-2-13-27-21-7-5-20(6-8-21)23(24,25)26;;/h3-10,19,27H,2,11-17H2,1H3;2*1H. The molecule has 1 aliphatic heterocycles. The van der Waals surface area contributed by atoms with Crippen LogP contribution in [0.2, 0.25) is 0 Å². The molecular formula is C23H31Cl2F3N2O2S. The molecule has 10 heteroatoms. The Kier molecular flexibility index (Phi) is 11.5. The molecule has 0 saturated carbocycles. The maximum absolute atomic E-state index is 12.6. The second kappa shape index (κ2) is 12.8. The lowest BCUT2D eigenvalue weighted by Crippen LogP contribution is -2.35. The van der Waals surface area contributed by atoms with Crippen molar-refractivity contribution in [2.75, 3.05) is 37.8 Å². The summed E-state index contributed by atoms with van der Waals surface area (Å²) < 4.78 is 60.9. The van der Waals surface area contributed by atoms with Crippen molar-refractivity contribution in [1.29, 1.82) is 0 Å². The predicted molar refractivity (Wildman–Crippen MR) is 131 cm³/mol. The minimum atomic E-state index is -4.30. The summed E-state index contributed by atoms with van der Waals surface area (Å²) in [7, 11) is -3.15. The highest BCUT2D eigenvalue weighted by atomic mass is 35.5. The number of nitrogens with zero attached hydrogens (tertiary/aromatic N) is 1. The van der Waals surface area contributed by atoms with E-state index in [-0.39, 0.29) is 24.8 Å². The molecule has 4 nitrogen and oxygen atoms in total. The summed E-state index contributed by atoms with van der Waals surface area (Å²) in [5, 5.41) is 3.18. The maximum atomic E-state index is 12.6. The molecule has 33 heavy (non-hydrogen) atoms. The van der Waals surface area contributed by atoms with Gasteiger partial charge in [-0.25, -0.2) is 8.42 Å². The Morgan fingerprint density at radius 3 is 2.06 bits per heavy atom. The average molecular weight is 527 g/mol. The zero-order valence-electron chi connectivity index (χ0n) is 18.5. The maximum Gasteiger partial charge on any atom is 0.416 e. The molecule has 1 heterocycles. The molecule has 0 radical (unpaired) electrons. The molecule has 0 spiro atoms. The topological polar surface area (TPSA) is 49.4 Å². The van der Waals surface area contributed by atoms with Crippen LogP contribution in [0, 0.1) is 5.92 Å². The highest BCUT2D eigenvalue weighted by Crippen LogP contribution is 2.29. The van der Waals surface area contributed by atoms with Gasteiger partial charge in [0, 0.05) is 18.5 Å². The van der Waals surface area contributed by atoms with Gasteiger partial charge in [-0.2, -0.15) is 13.2 Å². The van der Waals surface area contributed by atoms with Crippen LogP contribution < -0.4 is 5.32 Å². The van der Waals surface area contributed by atoms with Crippen molar-refractivity contribution in [3.8, 4) is 0 Å². The molecular weight excluding hydrogens is 496 g/mol. The van der Waals surface area contributed by atoms with Gasteiger partial charge in [-0.1, -0.05) is 12.1 Å². The molecule has 0 atom stereocenters. The van der Waals surface area contributed by atoms with E-state index in [1.165, 1.54) is 24.0 Å². The lowest BCUT2D eigenvalue weighted by atomic mass is 9.90. The quantitative estimate of drug-likeness (QED) is 0.447. The summed E-state index contributed by atoms with van der Waals surface area (Å²) in [6.07, 6.45) is 1.04. The van der Waals surface area contributed by atoms with Gasteiger partial charge in [-0.05, 0) is 93.2 Å². The van der Waals surface area contributed by atoms with Crippen LogP contribution in [0.4, 0.5) is 18.9 Å². The fraction of sp³-hybridized carbons (Fsp3) is 0.478. The minimum absolute atomic E-state index is 0. The summed E-state index contributed by atoms with van der Waals surface area (Å²) in [5.74, 6) is 0.602. The molecule has 1 aliphatic rings. The Labute approximate surface area is 206 Å². The molecule has 0 unspecified atom stereocenters. The number of sulfone groups is 1. The van der Waals surface area contributed by atoms with Crippen molar-refractivity contribution >= 4 is 40.3 Å². The number of benzene rings is 2. The van der Waals surface area contributed by atoms with E-state index in [9.17, 15) is 21.6 Å². The molecule has 1 fully saturated rings. The van der Waals surface area contributed by atoms with Gasteiger partial charge in [0.05, 0.1) is 10.5 Å². The molecule has 0 aliphatic carbocycles. The van der Waals surface area contributed by atoms with Crippen LogP contribution in [0.1, 0.15) is 30.4 Å². The van der Waals surface area contributed by atoms with Gasteiger partial charge in [0.15, 0.2) is 9.84 Å². The lowest BCUT2D eigenvalue weighted by Gasteiger charge is -2.32. The summed E-state index contributed by atoms with van der Waals surface area (Å²) in [6, 6.07) is 12.3. The first kappa shape index (κ1) is 29.6.